The van der Waals surface area contributed by atoms with Crippen molar-refractivity contribution in [1.82, 2.24) is 9.55 Å². The molecule has 0 atom stereocenters. The van der Waals surface area contributed by atoms with Gasteiger partial charge in [0.05, 0.1) is 6.33 Å². The zero-order valence-corrected chi connectivity index (χ0v) is 9.50. The van der Waals surface area contributed by atoms with Crippen LogP contribution in [0.15, 0.2) is 60.6 Å². The molecule has 0 aliphatic heterocycles. The Morgan fingerprint density at radius 1 is 1.12 bits per heavy atom. The smallest absolute Gasteiger partial charge is 0.0951 e. The second kappa shape index (κ2) is 5.31. The van der Waals surface area contributed by atoms with E-state index in [4.69, 9.17) is 0 Å². The highest BCUT2D eigenvalue weighted by Crippen LogP contribution is 2.08. The van der Waals surface area contributed by atoms with Crippen molar-refractivity contribution in [2.45, 2.75) is 19.9 Å². The van der Waals surface area contributed by atoms with Crippen LogP contribution in [0.25, 0.3) is 0 Å². The lowest BCUT2D eigenvalue weighted by atomic mass is 10.2. The van der Waals surface area contributed by atoms with Crippen LogP contribution in [0, 0.1) is 0 Å². The highest BCUT2D eigenvalue weighted by molar-refractivity contribution is 5.31. The summed E-state index contributed by atoms with van der Waals surface area (Å²) in [4.78, 5) is 4.18. The number of rotatable bonds is 3. The van der Waals surface area contributed by atoms with Gasteiger partial charge in [0.15, 0.2) is 0 Å². The molecule has 1 aromatic heterocycles. The first-order chi connectivity index (χ1) is 7.90. The van der Waals surface area contributed by atoms with Gasteiger partial charge in [-0.1, -0.05) is 49.5 Å². The zero-order valence-electron chi connectivity index (χ0n) is 9.50. The summed E-state index contributed by atoms with van der Waals surface area (Å²) < 4.78 is 2.19. The summed E-state index contributed by atoms with van der Waals surface area (Å²) >= 11 is 0. The minimum absolute atomic E-state index is 0.887. The zero-order chi connectivity index (χ0) is 11.2. The molecule has 2 rings (SSSR count). The topological polar surface area (TPSA) is 17.8 Å². The van der Waals surface area contributed by atoms with Crippen LogP contribution >= 0.6 is 0 Å². The third-order valence-electron chi connectivity index (χ3n) is 2.58. The molecule has 0 radical (unpaired) electrons. The molecule has 82 valence electrons. The predicted molar refractivity (Wildman–Crippen MR) is 67.1 cm³/mol. The average molecular weight is 212 g/mol. The predicted octanol–water partition coefficient (Wildman–Crippen LogP) is 3.05. The number of hydrogen-bond acceptors (Lipinski definition) is 1. The first-order valence-corrected chi connectivity index (χ1v) is 5.59. The van der Waals surface area contributed by atoms with E-state index in [2.05, 4.69) is 40.8 Å². The highest BCUT2D eigenvalue weighted by Gasteiger charge is 2.00. The molecule has 0 spiro atoms. The van der Waals surface area contributed by atoms with Crippen LogP contribution in [0.1, 0.15) is 12.6 Å². The molecular weight excluding hydrogens is 196 g/mol. The summed E-state index contributed by atoms with van der Waals surface area (Å²) in [7, 11) is 0. The van der Waals surface area contributed by atoms with Crippen LogP contribution in [-0.4, -0.2) is 9.55 Å². The van der Waals surface area contributed by atoms with E-state index >= 15 is 0 Å². The van der Waals surface area contributed by atoms with Gasteiger partial charge in [-0.2, -0.15) is 0 Å². The van der Waals surface area contributed by atoms with Crippen molar-refractivity contribution in [3.8, 4) is 0 Å². The van der Waals surface area contributed by atoms with Crippen molar-refractivity contribution in [2.24, 2.45) is 0 Å². The average Bonchev–Trinajstić information content (AvgIpc) is 2.69. The number of aryl methyl sites for hydroxylation is 1. The largest absolute Gasteiger partial charge is 0.330 e. The molecule has 0 N–H and O–H groups in total. The minimum atomic E-state index is 0.887. The Morgan fingerprint density at radius 2 is 1.94 bits per heavy atom. The Kier molecular flexibility index (Phi) is 3.54. The molecule has 0 saturated heterocycles. The fourth-order valence-electron chi connectivity index (χ4n) is 1.69. The standard InChI is InChI=1S/C14H16N2/c1-2-14-10-15-12-16(14)11-13-8-6-4-3-5-7-9-13/h3-10,12H,2,11H2,1H3. The van der Waals surface area contributed by atoms with Gasteiger partial charge < -0.3 is 4.57 Å². The number of hydrogen-bond donors (Lipinski definition) is 0. The van der Waals surface area contributed by atoms with Gasteiger partial charge in [0, 0.05) is 18.4 Å². The molecule has 0 unspecified atom stereocenters. The molecule has 2 nitrogen and oxygen atoms in total. The lowest BCUT2D eigenvalue weighted by Gasteiger charge is -2.07. The fourth-order valence-corrected chi connectivity index (χ4v) is 1.69. The Bertz CT molecular complexity index is 459. The molecule has 2 heteroatoms. The molecule has 0 bridgehead atoms. The van der Waals surface area contributed by atoms with E-state index in [1.807, 2.05) is 30.8 Å². The summed E-state index contributed by atoms with van der Waals surface area (Å²) in [6, 6.07) is 0. The van der Waals surface area contributed by atoms with Crippen molar-refractivity contribution in [2.75, 3.05) is 0 Å². The fraction of sp³-hybridized carbons (Fsp3) is 0.214. The number of aromatic nitrogens is 2. The van der Waals surface area contributed by atoms with Crippen LogP contribution in [-0.2, 0) is 13.0 Å². The molecule has 0 amide bonds. The number of imidazole rings is 1. The van der Waals surface area contributed by atoms with Crippen LogP contribution in [0.5, 0.6) is 0 Å². The lowest BCUT2D eigenvalue weighted by molar-refractivity contribution is 0.746. The van der Waals surface area contributed by atoms with Crippen LogP contribution < -0.4 is 0 Å². The first kappa shape index (κ1) is 10.7. The van der Waals surface area contributed by atoms with Gasteiger partial charge in [0.2, 0.25) is 0 Å². The van der Waals surface area contributed by atoms with E-state index in [-0.39, 0.29) is 0 Å². The van der Waals surface area contributed by atoms with Crippen LogP contribution in [0.4, 0.5) is 0 Å². The summed E-state index contributed by atoms with van der Waals surface area (Å²) in [6.07, 6.45) is 19.4. The van der Waals surface area contributed by atoms with Crippen molar-refractivity contribution < 1.29 is 0 Å². The van der Waals surface area contributed by atoms with E-state index in [9.17, 15) is 0 Å². The van der Waals surface area contributed by atoms with E-state index < -0.39 is 0 Å². The van der Waals surface area contributed by atoms with Gasteiger partial charge >= 0.3 is 0 Å². The van der Waals surface area contributed by atoms with Crippen molar-refractivity contribution in [3.63, 3.8) is 0 Å². The molecule has 16 heavy (non-hydrogen) atoms. The summed E-state index contributed by atoms with van der Waals surface area (Å²) in [5.41, 5.74) is 2.56. The molecule has 0 fully saturated rings. The highest BCUT2D eigenvalue weighted by atomic mass is 15.0. The Morgan fingerprint density at radius 3 is 2.81 bits per heavy atom. The molecule has 1 aromatic rings. The maximum atomic E-state index is 4.18. The second-order valence-corrected chi connectivity index (χ2v) is 3.74. The van der Waals surface area contributed by atoms with E-state index in [0.29, 0.717) is 0 Å². The molecular formula is C14H16N2. The van der Waals surface area contributed by atoms with Crippen molar-refractivity contribution in [3.05, 3.63) is 66.3 Å². The summed E-state index contributed by atoms with van der Waals surface area (Å²) in [6.45, 7) is 3.04. The Labute approximate surface area is 96.3 Å². The second-order valence-electron chi connectivity index (χ2n) is 3.74. The monoisotopic (exact) mass is 212 g/mol. The van der Waals surface area contributed by atoms with Gasteiger partial charge in [0.25, 0.3) is 0 Å². The van der Waals surface area contributed by atoms with E-state index in [1.165, 1.54) is 11.3 Å². The maximum absolute atomic E-state index is 4.18. The molecule has 1 heterocycles. The van der Waals surface area contributed by atoms with Crippen LogP contribution in [0.2, 0.25) is 0 Å². The van der Waals surface area contributed by atoms with Crippen molar-refractivity contribution in [1.29, 1.82) is 0 Å². The van der Waals surface area contributed by atoms with Crippen LogP contribution in [0.3, 0.4) is 0 Å². The molecule has 0 saturated carbocycles. The minimum Gasteiger partial charge on any atom is -0.330 e. The van der Waals surface area contributed by atoms with Gasteiger partial charge in [-0.3, -0.25) is 0 Å². The first-order valence-electron chi connectivity index (χ1n) is 5.59. The Balaban J connectivity index is 2.15. The summed E-state index contributed by atoms with van der Waals surface area (Å²) in [5.74, 6) is 0. The van der Waals surface area contributed by atoms with Gasteiger partial charge in [-0.15, -0.1) is 0 Å². The molecule has 1 aliphatic carbocycles. The van der Waals surface area contributed by atoms with Gasteiger partial charge in [-0.05, 0) is 12.0 Å². The molecule has 1 aliphatic rings. The van der Waals surface area contributed by atoms with E-state index in [0.717, 1.165) is 13.0 Å². The maximum Gasteiger partial charge on any atom is 0.0951 e. The van der Waals surface area contributed by atoms with Gasteiger partial charge in [0.1, 0.15) is 0 Å². The third kappa shape index (κ3) is 2.60. The number of nitrogens with zero attached hydrogens (tertiary/aromatic N) is 2. The number of allylic oxidation sites excluding steroid dienone is 8. The van der Waals surface area contributed by atoms with E-state index in [1.54, 1.807) is 0 Å². The quantitative estimate of drug-likeness (QED) is 0.753. The SMILES string of the molecule is CCc1cncn1CC1=CC=CC=CC=C1. The lowest BCUT2D eigenvalue weighted by Crippen LogP contribution is -2.02. The Hall–Kier alpha value is -1.83. The summed E-state index contributed by atoms with van der Waals surface area (Å²) in [5, 5.41) is 0. The van der Waals surface area contributed by atoms with Gasteiger partial charge in [-0.25, -0.2) is 4.98 Å². The normalized spacial score (nSPS) is 14.7. The molecule has 0 aromatic carbocycles. The third-order valence-corrected chi connectivity index (χ3v) is 2.58. The van der Waals surface area contributed by atoms with Crippen molar-refractivity contribution >= 4 is 0 Å².